The molecule has 144 valence electrons. The highest BCUT2D eigenvalue weighted by Crippen LogP contribution is 2.37. The fraction of sp³-hybridized carbons (Fsp3) is 0.158. The number of ether oxygens (including phenoxy) is 2. The average molecular weight is 416 g/mol. The van der Waals surface area contributed by atoms with E-state index in [1.807, 2.05) is 16.7 Å². The Kier molecular flexibility index (Phi) is 4.56. The second kappa shape index (κ2) is 6.92. The zero-order valence-electron chi connectivity index (χ0n) is 14.9. The summed E-state index contributed by atoms with van der Waals surface area (Å²) in [4.78, 5) is 17.4. The Balaban J connectivity index is 1.90. The van der Waals surface area contributed by atoms with Crippen molar-refractivity contribution in [2.24, 2.45) is 4.99 Å². The van der Waals surface area contributed by atoms with Gasteiger partial charge in [-0.2, -0.15) is 4.99 Å². The third-order valence-electron chi connectivity index (χ3n) is 4.20. The minimum absolute atomic E-state index is 0.0408. The molecule has 0 radical (unpaired) electrons. The Morgan fingerprint density at radius 2 is 2.00 bits per heavy atom. The van der Waals surface area contributed by atoms with Crippen LogP contribution in [0.25, 0.3) is 10.2 Å². The van der Waals surface area contributed by atoms with Gasteiger partial charge in [0.05, 0.1) is 20.7 Å². The molecule has 28 heavy (non-hydrogen) atoms. The van der Waals surface area contributed by atoms with E-state index >= 15 is 0 Å². The van der Waals surface area contributed by atoms with Gasteiger partial charge in [0.2, 0.25) is 6.79 Å². The molecule has 0 unspecified atom stereocenters. The van der Waals surface area contributed by atoms with Crippen LogP contribution in [0, 0.1) is 0 Å². The number of nitrogens with zero attached hydrogens (tertiary/aromatic N) is 2. The lowest BCUT2D eigenvalue weighted by molar-refractivity contribution is 0.0994. The van der Waals surface area contributed by atoms with Gasteiger partial charge in [-0.05, 0) is 12.1 Å². The Morgan fingerprint density at radius 3 is 2.71 bits per heavy atom. The van der Waals surface area contributed by atoms with Crippen LogP contribution < -0.4 is 14.3 Å². The highest BCUT2D eigenvalue weighted by Gasteiger charge is 2.20. The topological polar surface area (TPSA) is 87.0 Å². The molecule has 2 aromatic carbocycles. The minimum Gasteiger partial charge on any atom is -0.454 e. The number of carbonyl (C=O) groups is 1. The number of fused-ring (bicyclic) bond motifs is 2. The third-order valence-corrected chi connectivity index (χ3v) is 6.40. The number of aromatic nitrogens is 1. The van der Waals surface area contributed by atoms with Gasteiger partial charge in [-0.1, -0.05) is 29.5 Å². The van der Waals surface area contributed by atoms with Gasteiger partial charge in [-0.25, -0.2) is 8.42 Å². The molecule has 1 aliphatic rings. The predicted molar refractivity (Wildman–Crippen MR) is 106 cm³/mol. The van der Waals surface area contributed by atoms with Crippen LogP contribution in [0.4, 0.5) is 0 Å². The van der Waals surface area contributed by atoms with Gasteiger partial charge in [0.25, 0.3) is 5.91 Å². The minimum atomic E-state index is -3.56. The molecule has 3 aromatic rings. The Morgan fingerprint density at radius 1 is 1.29 bits per heavy atom. The summed E-state index contributed by atoms with van der Waals surface area (Å²) in [5, 5.41) is 0. The van der Waals surface area contributed by atoms with Gasteiger partial charge in [-0.3, -0.25) is 4.79 Å². The van der Waals surface area contributed by atoms with Crippen LogP contribution >= 0.6 is 11.3 Å². The van der Waals surface area contributed by atoms with Crippen molar-refractivity contribution in [1.82, 2.24) is 4.57 Å². The normalized spacial score (nSPS) is 13.8. The number of hydrogen-bond acceptors (Lipinski definition) is 6. The number of amides is 1. The smallest absolute Gasteiger partial charge is 0.280 e. The second-order valence-corrected chi connectivity index (χ2v) is 9.14. The molecule has 1 aromatic heterocycles. The molecule has 7 nitrogen and oxygen atoms in total. The molecule has 0 spiro atoms. The second-order valence-electron chi connectivity index (χ2n) is 6.14. The van der Waals surface area contributed by atoms with E-state index in [1.165, 1.54) is 23.5 Å². The molecule has 0 atom stereocenters. The summed E-state index contributed by atoms with van der Waals surface area (Å²) < 4.78 is 37.5. The van der Waals surface area contributed by atoms with E-state index in [0.29, 0.717) is 22.8 Å². The van der Waals surface area contributed by atoms with E-state index in [0.717, 1.165) is 16.5 Å². The van der Waals surface area contributed by atoms with Crippen molar-refractivity contribution in [3.63, 3.8) is 0 Å². The standard InChI is InChI=1S/C19H16N2O5S2/c1-3-8-21-13-9-14-15(26-11-25-14)10-16(13)27-19(21)20-18(22)12-6-4-5-7-17(12)28(2,23)24/h3-7,9-10H,1,8,11H2,2H3. The summed E-state index contributed by atoms with van der Waals surface area (Å²) in [7, 11) is -3.56. The molecule has 0 bridgehead atoms. The fourth-order valence-corrected chi connectivity index (χ4v) is 4.89. The summed E-state index contributed by atoms with van der Waals surface area (Å²) >= 11 is 1.31. The van der Waals surface area contributed by atoms with Crippen molar-refractivity contribution < 1.29 is 22.7 Å². The molecular formula is C19H16N2O5S2. The number of sulfone groups is 1. The lowest BCUT2D eigenvalue weighted by Gasteiger charge is -2.04. The zero-order chi connectivity index (χ0) is 19.9. The zero-order valence-corrected chi connectivity index (χ0v) is 16.5. The monoisotopic (exact) mass is 416 g/mol. The number of allylic oxidation sites excluding steroid dienone is 1. The molecule has 0 aliphatic carbocycles. The van der Waals surface area contributed by atoms with Gasteiger partial charge in [0.15, 0.2) is 26.1 Å². The van der Waals surface area contributed by atoms with Crippen LogP contribution in [-0.4, -0.2) is 31.9 Å². The summed E-state index contributed by atoms with van der Waals surface area (Å²) in [6.45, 7) is 4.36. The first-order valence-electron chi connectivity index (χ1n) is 8.30. The van der Waals surface area contributed by atoms with Crippen LogP contribution in [0.3, 0.4) is 0 Å². The summed E-state index contributed by atoms with van der Waals surface area (Å²) in [5.74, 6) is 0.647. The number of hydrogen-bond donors (Lipinski definition) is 0. The van der Waals surface area contributed by atoms with E-state index in [2.05, 4.69) is 11.6 Å². The van der Waals surface area contributed by atoms with Crippen molar-refractivity contribution in [2.75, 3.05) is 13.0 Å². The van der Waals surface area contributed by atoms with Gasteiger partial charge in [0.1, 0.15) is 0 Å². The highest BCUT2D eigenvalue weighted by atomic mass is 32.2. The van der Waals surface area contributed by atoms with Crippen molar-refractivity contribution >= 4 is 37.3 Å². The first-order valence-corrected chi connectivity index (χ1v) is 11.0. The molecule has 0 saturated carbocycles. The van der Waals surface area contributed by atoms with E-state index in [9.17, 15) is 13.2 Å². The lowest BCUT2D eigenvalue weighted by Crippen LogP contribution is -2.17. The van der Waals surface area contributed by atoms with E-state index in [1.54, 1.807) is 18.2 Å². The molecule has 9 heteroatoms. The molecular weight excluding hydrogens is 400 g/mol. The third kappa shape index (κ3) is 3.23. The lowest BCUT2D eigenvalue weighted by atomic mass is 10.2. The van der Waals surface area contributed by atoms with Gasteiger partial charge >= 0.3 is 0 Å². The number of carbonyl (C=O) groups excluding carboxylic acids is 1. The van der Waals surface area contributed by atoms with Crippen LogP contribution in [0.15, 0.2) is 58.9 Å². The van der Waals surface area contributed by atoms with Crippen molar-refractivity contribution in [1.29, 1.82) is 0 Å². The van der Waals surface area contributed by atoms with Crippen LogP contribution in [0.5, 0.6) is 11.5 Å². The number of thiazole rings is 1. The van der Waals surface area contributed by atoms with Crippen LogP contribution in [0.2, 0.25) is 0 Å². The Labute approximate surface area is 165 Å². The summed E-state index contributed by atoms with van der Waals surface area (Å²) in [5.41, 5.74) is 0.874. The fourth-order valence-electron chi connectivity index (χ4n) is 2.96. The first kappa shape index (κ1) is 18.5. The van der Waals surface area contributed by atoms with Gasteiger partial charge in [-0.15, -0.1) is 6.58 Å². The molecule has 1 aliphatic heterocycles. The Bertz CT molecular complexity index is 1290. The van der Waals surface area contributed by atoms with Gasteiger partial charge < -0.3 is 14.0 Å². The molecule has 2 heterocycles. The van der Waals surface area contributed by atoms with Crippen LogP contribution in [-0.2, 0) is 16.4 Å². The molecule has 0 saturated heterocycles. The summed E-state index contributed by atoms with van der Waals surface area (Å²) in [6.07, 6.45) is 2.77. The van der Waals surface area contributed by atoms with Crippen molar-refractivity contribution in [3.05, 3.63) is 59.4 Å². The maximum atomic E-state index is 12.8. The quantitative estimate of drug-likeness (QED) is 0.611. The molecule has 0 fully saturated rings. The van der Waals surface area contributed by atoms with E-state index in [4.69, 9.17) is 9.47 Å². The predicted octanol–water partition coefficient (Wildman–Crippen LogP) is 2.76. The molecule has 0 N–H and O–H groups in total. The Hall–Kier alpha value is -2.91. The van der Waals surface area contributed by atoms with E-state index < -0.39 is 15.7 Å². The molecule has 1 amide bonds. The first-order chi connectivity index (χ1) is 13.4. The van der Waals surface area contributed by atoms with E-state index in [-0.39, 0.29) is 17.3 Å². The average Bonchev–Trinajstić information content (AvgIpc) is 3.24. The SMILES string of the molecule is C=CCn1c(=NC(=O)c2ccccc2S(C)(=O)=O)sc2cc3c(cc21)OCO3. The molecule has 4 rings (SSSR count). The van der Waals surface area contributed by atoms with Crippen LogP contribution in [0.1, 0.15) is 10.4 Å². The largest absolute Gasteiger partial charge is 0.454 e. The highest BCUT2D eigenvalue weighted by molar-refractivity contribution is 7.90. The number of benzene rings is 2. The summed E-state index contributed by atoms with van der Waals surface area (Å²) in [6, 6.07) is 9.73. The maximum Gasteiger partial charge on any atom is 0.280 e. The number of rotatable bonds is 4. The van der Waals surface area contributed by atoms with Crippen molar-refractivity contribution in [2.45, 2.75) is 11.4 Å². The maximum absolute atomic E-state index is 12.8. The van der Waals surface area contributed by atoms with Crippen molar-refractivity contribution in [3.8, 4) is 11.5 Å². The van der Waals surface area contributed by atoms with Gasteiger partial charge in [0, 0.05) is 24.9 Å².